The Morgan fingerprint density at radius 1 is 1.07 bits per heavy atom. The summed E-state index contributed by atoms with van der Waals surface area (Å²) in [5.74, 6) is -0.935. The van der Waals surface area contributed by atoms with Crippen molar-refractivity contribution in [1.82, 2.24) is 5.32 Å². The molecule has 7 nitrogen and oxygen atoms in total. The van der Waals surface area contributed by atoms with E-state index in [1.54, 1.807) is 44.2 Å². The first-order chi connectivity index (χ1) is 13.4. The van der Waals surface area contributed by atoms with Crippen LogP contribution in [0.4, 0.5) is 16.2 Å². The second kappa shape index (κ2) is 10.1. The van der Waals surface area contributed by atoms with Crippen molar-refractivity contribution < 1.29 is 19.1 Å². The number of ether oxygens (including phenoxy) is 1. The highest BCUT2D eigenvalue weighted by Gasteiger charge is 2.28. The van der Waals surface area contributed by atoms with Gasteiger partial charge in [-0.3, -0.25) is 9.69 Å². The summed E-state index contributed by atoms with van der Waals surface area (Å²) in [4.78, 5) is 38.4. The smallest absolute Gasteiger partial charge is 0.328 e. The molecule has 2 aromatic carbocycles. The van der Waals surface area contributed by atoms with Gasteiger partial charge in [-0.25, -0.2) is 9.59 Å². The first-order valence-corrected chi connectivity index (χ1v) is 9.07. The molecule has 1 unspecified atom stereocenters. The number of rotatable bonds is 7. The molecule has 0 radical (unpaired) electrons. The Kier molecular flexibility index (Phi) is 7.56. The molecule has 3 amide bonds. The molecule has 0 heterocycles. The number of urea groups is 1. The van der Waals surface area contributed by atoms with Crippen LogP contribution in [0.2, 0.25) is 0 Å². The summed E-state index contributed by atoms with van der Waals surface area (Å²) in [6.45, 7) is 5.17. The molecule has 1 atom stereocenters. The van der Waals surface area contributed by atoms with Crippen LogP contribution in [0.3, 0.4) is 0 Å². The average molecular weight is 383 g/mol. The highest BCUT2D eigenvalue weighted by Crippen LogP contribution is 2.17. The average Bonchev–Trinajstić information content (AvgIpc) is 2.67. The van der Waals surface area contributed by atoms with E-state index in [0.29, 0.717) is 11.4 Å². The standard InChI is InChI=1S/C21H25N3O4/c1-4-28-20(26)16(3)24(18-11-6-5-7-12-18)19(25)14-22-21(27)23-17-10-8-9-15(2)13-17/h5-13,16H,4,14H2,1-3H3,(H2,22,23,27). The van der Waals surface area contributed by atoms with Crippen molar-refractivity contribution in [1.29, 1.82) is 0 Å². The molecular formula is C21H25N3O4. The summed E-state index contributed by atoms with van der Waals surface area (Å²) in [5, 5.41) is 5.21. The summed E-state index contributed by atoms with van der Waals surface area (Å²) < 4.78 is 5.04. The zero-order valence-corrected chi connectivity index (χ0v) is 16.3. The topological polar surface area (TPSA) is 87.7 Å². The van der Waals surface area contributed by atoms with Crippen LogP contribution in [0, 0.1) is 6.92 Å². The number of nitrogens with one attached hydrogen (secondary N) is 2. The number of esters is 1. The summed E-state index contributed by atoms with van der Waals surface area (Å²) in [7, 11) is 0. The lowest BCUT2D eigenvalue weighted by molar-refractivity contribution is -0.145. The van der Waals surface area contributed by atoms with E-state index in [1.165, 1.54) is 4.90 Å². The Morgan fingerprint density at radius 3 is 2.43 bits per heavy atom. The molecule has 148 valence electrons. The second-order valence-corrected chi connectivity index (χ2v) is 6.20. The monoisotopic (exact) mass is 383 g/mol. The fraction of sp³-hybridized carbons (Fsp3) is 0.286. The molecular weight excluding hydrogens is 358 g/mol. The molecule has 0 fully saturated rings. The Hall–Kier alpha value is -3.35. The molecule has 0 saturated heterocycles. The zero-order valence-electron chi connectivity index (χ0n) is 16.3. The molecule has 0 spiro atoms. The van der Waals surface area contributed by atoms with E-state index in [4.69, 9.17) is 4.74 Å². The van der Waals surface area contributed by atoms with Crippen LogP contribution in [-0.2, 0) is 14.3 Å². The van der Waals surface area contributed by atoms with Gasteiger partial charge in [-0.1, -0.05) is 30.3 Å². The molecule has 2 rings (SSSR count). The van der Waals surface area contributed by atoms with Crippen LogP contribution in [0.1, 0.15) is 19.4 Å². The maximum atomic E-state index is 12.8. The number of anilines is 2. The van der Waals surface area contributed by atoms with Crippen molar-refractivity contribution in [3.8, 4) is 0 Å². The number of aryl methyl sites for hydroxylation is 1. The van der Waals surface area contributed by atoms with Crippen molar-refractivity contribution in [2.24, 2.45) is 0 Å². The molecule has 0 bridgehead atoms. The van der Waals surface area contributed by atoms with E-state index in [0.717, 1.165) is 5.56 Å². The van der Waals surface area contributed by atoms with Crippen molar-refractivity contribution in [3.63, 3.8) is 0 Å². The van der Waals surface area contributed by atoms with Gasteiger partial charge in [0.05, 0.1) is 13.2 Å². The third-order valence-corrected chi connectivity index (χ3v) is 3.99. The Morgan fingerprint density at radius 2 is 1.79 bits per heavy atom. The highest BCUT2D eigenvalue weighted by atomic mass is 16.5. The molecule has 0 aliphatic rings. The summed E-state index contributed by atoms with van der Waals surface area (Å²) >= 11 is 0. The molecule has 2 aromatic rings. The number of para-hydroxylation sites is 1. The van der Waals surface area contributed by atoms with Gasteiger partial charge in [0.2, 0.25) is 5.91 Å². The van der Waals surface area contributed by atoms with Gasteiger partial charge in [-0.2, -0.15) is 0 Å². The van der Waals surface area contributed by atoms with Gasteiger partial charge >= 0.3 is 12.0 Å². The van der Waals surface area contributed by atoms with Crippen LogP contribution in [0.25, 0.3) is 0 Å². The van der Waals surface area contributed by atoms with E-state index in [1.807, 2.05) is 31.2 Å². The third-order valence-electron chi connectivity index (χ3n) is 3.99. The van der Waals surface area contributed by atoms with Crippen LogP contribution in [-0.4, -0.2) is 37.1 Å². The van der Waals surface area contributed by atoms with Crippen LogP contribution < -0.4 is 15.5 Å². The Balaban J connectivity index is 2.05. The molecule has 28 heavy (non-hydrogen) atoms. The lowest BCUT2D eigenvalue weighted by atomic mass is 10.2. The van der Waals surface area contributed by atoms with E-state index in [-0.39, 0.29) is 13.2 Å². The van der Waals surface area contributed by atoms with E-state index >= 15 is 0 Å². The van der Waals surface area contributed by atoms with E-state index < -0.39 is 23.9 Å². The number of carbonyl (C=O) groups is 3. The van der Waals surface area contributed by atoms with Gasteiger partial charge in [-0.05, 0) is 50.6 Å². The normalized spacial score (nSPS) is 11.2. The number of benzene rings is 2. The fourth-order valence-electron chi connectivity index (χ4n) is 2.68. The second-order valence-electron chi connectivity index (χ2n) is 6.20. The zero-order chi connectivity index (χ0) is 20.5. The maximum Gasteiger partial charge on any atom is 0.328 e. The number of hydrogen-bond acceptors (Lipinski definition) is 4. The molecule has 0 saturated carbocycles. The van der Waals surface area contributed by atoms with Crippen LogP contribution in [0.15, 0.2) is 54.6 Å². The summed E-state index contributed by atoms with van der Waals surface area (Å²) in [5.41, 5.74) is 2.19. The molecule has 2 N–H and O–H groups in total. The molecule has 0 aliphatic carbocycles. The minimum atomic E-state index is -0.823. The largest absolute Gasteiger partial charge is 0.464 e. The number of hydrogen-bond donors (Lipinski definition) is 2. The van der Waals surface area contributed by atoms with Gasteiger partial charge in [-0.15, -0.1) is 0 Å². The highest BCUT2D eigenvalue weighted by molar-refractivity contribution is 6.02. The van der Waals surface area contributed by atoms with Gasteiger partial charge < -0.3 is 15.4 Å². The van der Waals surface area contributed by atoms with Gasteiger partial charge in [0.15, 0.2) is 0 Å². The molecule has 7 heteroatoms. The molecule has 0 aliphatic heterocycles. The Labute approximate surface area is 164 Å². The lowest BCUT2D eigenvalue weighted by Crippen LogP contribution is -2.49. The number of carbonyl (C=O) groups excluding carboxylic acids is 3. The lowest BCUT2D eigenvalue weighted by Gasteiger charge is -2.28. The van der Waals surface area contributed by atoms with Crippen molar-refractivity contribution >= 4 is 29.3 Å². The SMILES string of the molecule is CCOC(=O)C(C)N(C(=O)CNC(=O)Nc1cccc(C)c1)c1ccccc1. The third kappa shape index (κ3) is 5.84. The van der Waals surface area contributed by atoms with Crippen LogP contribution in [0.5, 0.6) is 0 Å². The summed E-state index contributed by atoms with van der Waals surface area (Å²) in [6, 6.07) is 14.8. The van der Waals surface area contributed by atoms with Gasteiger partial charge in [0.1, 0.15) is 6.04 Å². The quantitative estimate of drug-likeness (QED) is 0.719. The number of nitrogens with zero attached hydrogens (tertiary/aromatic N) is 1. The molecule has 0 aromatic heterocycles. The fourth-order valence-corrected chi connectivity index (χ4v) is 2.68. The first kappa shape index (κ1) is 21.0. The van der Waals surface area contributed by atoms with Crippen LogP contribution >= 0.6 is 0 Å². The number of amides is 3. The van der Waals surface area contributed by atoms with Crippen molar-refractivity contribution in [3.05, 3.63) is 60.2 Å². The summed E-state index contributed by atoms with van der Waals surface area (Å²) in [6.07, 6.45) is 0. The van der Waals surface area contributed by atoms with Crippen molar-refractivity contribution in [2.45, 2.75) is 26.8 Å². The predicted molar refractivity (Wildman–Crippen MR) is 108 cm³/mol. The van der Waals surface area contributed by atoms with Gasteiger partial charge in [0.25, 0.3) is 0 Å². The minimum Gasteiger partial charge on any atom is -0.464 e. The maximum absolute atomic E-state index is 12.8. The van der Waals surface area contributed by atoms with E-state index in [2.05, 4.69) is 10.6 Å². The first-order valence-electron chi connectivity index (χ1n) is 9.07. The predicted octanol–water partition coefficient (Wildman–Crippen LogP) is 3.10. The van der Waals surface area contributed by atoms with Crippen molar-refractivity contribution in [2.75, 3.05) is 23.4 Å². The van der Waals surface area contributed by atoms with E-state index in [9.17, 15) is 14.4 Å². The Bertz CT molecular complexity index is 823. The minimum absolute atomic E-state index is 0.219. The van der Waals surface area contributed by atoms with Gasteiger partial charge in [0, 0.05) is 11.4 Å².